The van der Waals surface area contributed by atoms with Crippen molar-refractivity contribution in [2.45, 2.75) is 19.3 Å². The van der Waals surface area contributed by atoms with Crippen LogP contribution in [-0.2, 0) is 0 Å². The fourth-order valence-electron chi connectivity index (χ4n) is 8.58. The third-order valence-corrected chi connectivity index (χ3v) is 11.0. The van der Waals surface area contributed by atoms with Gasteiger partial charge in [-0.15, -0.1) is 0 Å². The topological polar surface area (TPSA) is 8.17 Å². The standard InChI is InChI=1S/C50H38N2/c1-2-15-38(16-3-1)51(40-32-28-36(29-33-40)47-34-37-14-4-5-17-41(37)43-19-6-7-20-44(43)47)39-30-26-35(27-31-39)42-18-8-11-23-48(42)52-49-24-12-9-21-45(49)46-22-10-13-25-50(46)52/h1-10,12-22,24-26,28-35H,11,23,27H2. The molecule has 0 aliphatic heterocycles. The summed E-state index contributed by atoms with van der Waals surface area (Å²) in [5.74, 6) is 0.302. The van der Waals surface area contributed by atoms with Gasteiger partial charge in [-0.2, -0.15) is 0 Å². The van der Waals surface area contributed by atoms with E-state index in [0.717, 1.165) is 30.6 Å². The highest BCUT2D eigenvalue weighted by molar-refractivity contribution is 6.14. The second-order valence-electron chi connectivity index (χ2n) is 14.0. The monoisotopic (exact) mass is 666 g/mol. The first-order chi connectivity index (χ1) is 25.8. The lowest BCUT2D eigenvalue weighted by atomic mass is 9.86. The maximum atomic E-state index is 2.53. The molecule has 1 heterocycles. The Bertz CT molecular complexity index is 2700. The molecule has 0 amide bonds. The molecule has 7 aromatic carbocycles. The number of nitrogens with zero attached hydrogens (tertiary/aromatic N) is 2. The number of anilines is 2. The lowest BCUT2D eigenvalue weighted by molar-refractivity contribution is 0.757. The average molecular weight is 667 g/mol. The van der Waals surface area contributed by atoms with E-state index in [4.69, 9.17) is 0 Å². The molecule has 0 saturated carbocycles. The molecule has 0 fully saturated rings. The van der Waals surface area contributed by atoms with E-state index in [9.17, 15) is 0 Å². The maximum Gasteiger partial charge on any atom is 0.0537 e. The Morgan fingerprint density at radius 3 is 1.87 bits per heavy atom. The average Bonchev–Trinajstić information content (AvgIpc) is 3.56. The summed E-state index contributed by atoms with van der Waals surface area (Å²) in [6.07, 6.45) is 15.0. The van der Waals surface area contributed by atoms with Crippen LogP contribution >= 0.6 is 0 Å². The molecule has 1 aromatic heterocycles. The minimum atomic E-state index is 0.302. The van der Waals surface area contributed by atoms with Crippen LogP contribution in [0.4, 0.5) is 11.4 Å². The molecule has 10 rings (SSSR count). The summed E-state index contributed by atoms with van der Waals surface area (Å²) in [5, 5.41) is 7.77. The fourth-order valence-corrected chi connectivity index (χ4v) is 8.58. The van der Waals surface area contributed by atoms with Crippen molar-refractivity contribution >= 4 is 60.4 Å². The van der Waals surface area contributed by atoms with Crippen molar-refractivity contribution in [1.29, 1.82) is 0 Å². The SMILES string of the molecule is C1=CC(C2C=CC(N(c3ccccc3)c3ccc(-c4cc5ccccc5c5ccccc45)cc3)=CC2)=C(n2c3ccccc3c3ccccc32)CC1. The third kappa shape index (κ3) is 5.10. The minimum absolute atomic E-state index is 0.302. The van der Waals surface area contributed by atoms with Gasteiger partial charge in [0.15, 0.2) is 0 Å². The van der Waals surface area contributed by atoms with Gasteiger partial charge >= 0.3 is 0 Å². The Labute approximate surface area is 304 Å². The number of rotatable bonds is 6. The number of hydrogen-bond donors (Lipinski definition) is 0. The Morgan fingerprint density at radius 2 is 1.15 bits per heavy atom. The molecule has 1 unspecified atom stereocenters. The van der Waals surface area contributed by atoms with Crippen LogP contribution in [0.1, 0.15) is 19.3 Å². The van der Waals surface area contributed by atoms with Gasteiger partial charge in [-0.3, -0.25) is 0 Å². The highest BCUT2D eigenvalue weighted by Crippen LogP contribution is 2.42. The van der Waals surface area contributed by atoms with Gasteiger partial charge < -0.3 is 9.47 Å². The van der Waals surface area contributed by atoms with Crippen molar-refractivity contribution in [2.24, 2.45) is 5.92 Å². The molecule has 2 aliphatic carbocycles. The number of para-hydroxylation sites is 3. The van der Waals surface area contributed by atoms with Crippen molar-refractivity contribution < 1.29 is 0 Å². The predicted molar refractivity (Wildman–Crippen MR) is 222 cm³/mol. The van der Waals surface area contributed by atoms with Crippen LogP contribution < -0.4 is 4.90 Å². The maximum absolute atomic E-state index is 2.53. The fraction of sp³-hybridized carbons (Fsp3) is 0.0800. The third-order valence-electron chi connectivity index (χ3n) is 11.0. The molecule has 2 aliphatic rings. The predicted octanol–water partition coefficient (Wildman–Crippen LogP) is 13.6. The van der Waals surface area contributed by atoms with Crippen LogP contribution in [0.3, 0.4) is 0 Å². The van der Waals surface area contributed by atoms with Crippen LogP contribution in [0.5, 0.6) is 0 Å². The van der Waals surface area contributed by atoms with E-state index < -0.39 is 0 Å². The summed E-state index contributed by atoms with van der Waals surface area (Å²) >= 11 is 0. The van der Waals surface area contributed by atoms with E-state index in [1.807, 2.05) is 0 Å². The van der Waals surface area contributed by atoms with E-state index in [-0.39, 0.29) is 0 Å². The molecule has 0 bridgehead atoms. The summed E-state index contributed by atoms with van der Waals surface area (Å²) in [5.41, 5.74) is 11.4. The lowest BCUT2D eigenvalue weighted by Crippen LogP contribution is -2.18. The number of allylic oxidation sites excluding steroid dienone is 7. The normalized spacial score (nSPS) is 15.9. The van der Waals surface area contributed by atoms with E-state index in [1.54, 1.807) is 0 Å². The van der Waals surface area contributed by atoms with Gasteiger partial charge in [0.2, 0.25) is 0 Å². The molecule has 0 spiro atoms. The largest absolute Gasteiger partial charge is 0.313 e. The van der Waals surface area contributed by atoms with Gasteiger partial charge in [0.1, 0.15) is 0 Å². The van der Waals surface area contributed by atoms with Gasteiger partial charge in [-0.05, 0) is 106 Å². The summed E-state index contributed by atoms with van der Waals surface area (Å²) in [4.78, 5) is 2.40. The van der Waals surface area contributed by atoms with Crippen molar-refractivity contribution in [1.82, 2.24) is 4.57 Å². The molecule has 2 nitrogen and oxygen atoms in total. The molecule has 248 valence electrons. The molecule has 0 radical (unpaired) electrons. The Morgan fingerprint density at radius 1 is 0.538 bits per heavy atom. The van der Waals surface area contributed by atoms with Crippen molar-refractivity contribution in [3.63, 3.8) is 0 Å². The van der Waals surface area contributed by atoms with Crippen LogP contribution in [0.25, 0.3) is 60.2 Å². The van der Waals surface area contributed by atoms with Crippen LogP contribution in [-0.4, -0.2) is 4.57 Å². The molecule has 0 N–H and O–H groups in total. The zero-order valence-corrected chi connectivity index (χ0v) is 29.0. The second kappa shape index (κ2) is 12.7. The van der Waals surface area contributed by atoms with E-state index in [1.165, 1.54) is 71.4 Å². The van der Waals surface area contributed by atoms with Crippen molar-refractivity contribution in [2.75, 3.05) is 4.90 Å². The highest BCUT2D eigenvalue weighted by Gasteiger charge is 2.24. The molecular weight excluding hydrogens is 629 g/mol. The molecule has 0 saturated heterocycles. The van der Waals surface area contributed by atoms with Crippen LogP contribution in [0.2, 0.25) is 0 Å². The van der Waals surface area contributed by atoms with Gasteiger partial charge in [0.05, 0.1) is 11.0 Å². The van der Waals surface area contributed by atoms with E-state index in [2.05, 4.69) is 198 Å². The summed E-state index contributed by atoms with van der Waals surface area (Å²) in [7, 11) is 0. The number of aromatic nitrogens is 1. The molecule has 2 heteroatoms. The summed E-state index contributed by atoms with van der Waals surface area (Å²) in [6.45, 7) is 0. The molecule has 52 heavy (non-hydrogen) atoms. The second-order valence-corrected chi connectivity index (χ2v) is 14.0. The summed E-state index contributed by atoms with van der Waals surface area (Å²) in [6, 6.07) is 57.4. The first-order valence-corrected chi connectivity index (χ1v) is 18.4. The number of hydrogen-bond acceptors (Lipinski definition) is 1. The van der Waals surface area contributed by atoms with Crippen LogP contribution in [0, 0.1) is 5.92 Å². The zero-order valence-electron chi connectivity index (χ0n) is 29.0. The minimum Gasteiger partial charge on any atom is -0.313 e. The van der Waals surface area contributed by atoms with E-state index in [0.29, 0.717) is 5.92 Å². The Balaban J connectivity index is 1.02. The van der Waals surface area contributed by atoms with Gasteiger partial charge in [0, 0.05) is 39.5 Å². The molecule has 8 aromatic rings. The molecular formula is C50H38N2. The zero-order chi connectivity index (χ0) is 34.4. The van der Waals surface area contributed by atoms with Gasteiger partial charge in [-0.25, -0.2) is 0 Å². The molecule has 1 atom stereocenters. The number of benzene rings is 7. The lowest BCUT2D eigenvalue weighted by Gasteiger charge is -2.30. The van der Waals surface area contributed by atoms with Crippen LogP contribution in [0.15, 0.2) is 199 Å². The van der Waals surface area contributed by atoms with Gasteiger partial charge in [-0.1, -0.05) is 140 Å². The van der Waals surface area contributed by atoms with Crippen molar-refractivity contribution in [3.8, 4) is 11.1 Å². The first-order valence-electron chi connectivity index (χ1n) is 18.4. The van der Waals surface area contributed by atoms with Crippen molar-refractivity contribution in [3.05, 3.63) is 199 Å². The Kier molecular flexibility index (Phi) is 7.46. The summed E-state index contributed by atoms with van der Waals surface area (Å²) < 4.78 is 2.53. The smallest absolute Gasteiger partial charge is 0.0537 e. The first kappa shape index (κ1) is 30.4. The highest BCUT2D eigenvalue weighted by atomic mass is 15.1. The van der Waals surface area contributed by atoms with E-state index >= 15 is 0 Å². The quantitative estimate of drug-likeness (QED) is 0.160. The van der Waals surface area contributed by atoms with Gasteiger partial charge in [0.25, 0.3) is 0 Å². The number of fused-ring (bicyclic) bond motifs is 6. The Hall–Kier alpha value is -6.38.